The number of anilines is 1. The molecule has 3 unspecified atom stereocenters. The van der Waals surface area contributed by atoms with E-state index < -0.39 is 48.1 Å². The molecule has 3 fully saturated rings. The van der Waals surface area contributed by atoms with Crippen molar-refractivity contribution in [2.45, 2.75) is 25.6 Å². The Kier molecular flexibility index (Phi) is 6.80. The zero-order valence-corrected chi connectivity index (χ0v) is 19.1. The van der Waals surface area contributed by atoms with Crippen LogP contribution in [0.1, 0.15) is 13.3 Å². The van der Waals surface area contributed by atoms with Crippen LogP contribution in [-0.4, -0.2) is 102 Å². The highest BCUT2D eigenvalue weighted by atomic mass is 19.1. The number of piperazine rings is 1. The van der Waals surface area contributed by atoms with Crippen LogP contribution in [0.4, 0.5) is 19.3 Å². The molecule has 12 heteroatoms. The summed E-state index contributed by atoms with van der Waals surface area (Å²) in [6, 6.07) is 1.92. The highest BCUT2D eigenvalue weighted by molar-refractivity contribution is 6.04. The van der Waals surface area contributed by atoms with Gasteiger partial charge in [-0.15, -0.1) is 0 Å². The van der Waals surface area contributed by atoms with E-state index in [1.165, 1.54) is 11.8 Å². The summed E-state index contributed by atoms with van der Waals surface area (Å²) in [4.78, 5) is 56.9. The summed E-state index contributed by atoms with van der Waals surface area (Å²) in [6.45, 7) is 3.92. The van der Waals surface area contributed by atoms with Crippen LogP contribution in [0, 0.1) is 17.6 Å². The smallest absolute Gasteiger partial charge is 0.328 e. The lowest BCUT2D eigenvalue weighted by Gasteiger charge is -2.52. The molecule has 3 atom stereocenters. The average molecular weight is 479 g/mol. The van der Waals surface area contributed by atoms with Crippen molar-refractivity contribution in [3.63, 3.8) is 0 Å². The van der Waals surface area contributed by atoms with E-state index in [1.54, 1.807) is 11.9 Å². The maximum Gasteiger partial charge on any atom is 0.328 e. The SMILES string of the molecule is CC(=O)N1CCN(C2CCNC3C2C(=O)N(CC(=O)Nc2ccc(F)cc2F)C(=O)N3C)CC1. The zero-order valence-electron chi connectivity index (χ0n) is 19.1. The minimum Gasteiger partial charge on any atom is -0.340 e. The molecular weight excluding hydrogens is 450 g/mol. The number of nitrogens with zero attached hydrogens (tertiary/aromatic N) is 4. The van der Waals surface area contributed by atoms with Gasteiger partial charge >= 0.3 is 6.03 Å². The summed E-state index contributed by atoms with van der Waals surface area (Å²) in [5, 5.41) is 5.53. The molecule has 0 aromatic heterocycles. The summed E-state index contributed by atoms with van der Waals surface area (Å²) >= 11 is 0. The monoisotopic (exact) mass is 478 g/mol. The number of rotatable bonds is 4. The molecule has 0 saturated carbocycles. The molecule has 0 bridgehead atoms. The first kappa shape index (κ1) is 24.0. The summed E-state index contributed by atoms with van der Waals surface area (Å²) in [7, 11) is 1.57. The summed E-state index contributed by atoms with van der Waals surface area (Å²) in [5.41, 5.74) is -0.241. The van der Waals surface area contributed by atoms with Gasteiger partial charge in [-0.1, -0.05) is 0 Å². The molecule has 0 radical (unpaired) electrons. The second-order valence-corrected chi connectivity index (χ2v) is 8.81. The minimum absolute atomic E-state index is 0.0108. The number of hydrogen-bond acceptors (Lipinski definition) is 6. The third-order valence-corrected chi connectivity index (χ3v) is 6.78. The predicted molar refractivity (Wildman–Crippen MR) is 117 cm³/mol. The Morgan fingerprint density at radius 3 is 2.50 bits per heavy atom. The van der Waals surface area contributed by atoms with Crippen molar-refractivity contribution < 1.29 is 28.0 Å². The van der Waals surface area contributed by atoms with Gasteiger partial charge in [-0.3, -0.25) is 29.5 Å². The second-order valence-electron chi connectivity index (χ2n) is 8.81. The molecule has 34 heavy (non-hydrogen) atoms. The fourth-order valence-corrected chi connectivity index (χ4v) is 5.01. The van der Waals surface area contributed by atoms with Gasteiger partial charge in [-0.25, -0.2) is 13.6 Å². The van der Waals surface area contributed by atoms with E-state index in [9.17, 15) is 28.0 Å². The average Bonchev–Trinajstić information content (AvgIpc) is 2.81. The van der Waals surface area contributed by atoms with Crippen molar-refractivity contribution in [1.82, 2.24) is 24.9 Å². The van der Waals surface area contributed by atoms with Crippen LogP contribution in [0.3, 0.4) is 0 Å². The molecule has 184 valence electrons. The quantitative estimate of drug-likeness (QED) is 0.644. The van der Waals surface area contributed by atoms with Gasteiger partial charge in [0.1, 0.15) is 18.2 Å². The summed E-state index contributed by atoms with van der Waals surface area (Å²) in [6.07, 6.45) is 0.161. The van der Waals surface area contributed by atoms with Gasteiger partial charge in [0, 0.05) is 52.3 Å². The number of hydrogen-bond donors (Lipinski definition) is 2. The lowest BCUT2D eigenvalue weighted by atomic mass is 9.85. The number of carbonyl (C=O) groups excluding carboxylic acids is 4. The Bertz CT molecular complexity index is 1000. The van der Waals surface area contributed by atoms with E-state index in [4.69, 9.17) is 0 Å². The maximum atomic E-state index is 13.9. The summed E-state index contributed by atoms with van der Waals surface area (Å²) in [5.74, 6) is -3.58. The normalized spacial score (nSPS) is 25.9. The molecule has 5 amide bonds. The number of piperidine rings is 1. The molecule has 4 rings (SSSR count). The third-order valence-electron chi connectivity index (χ3n) is 6.78. The van der Waals surface area contributed by atoms with Crippen molar-refractivity contribution in [1.29, 1.82) is 0 Å². The van der Waals surface area contributed by atoms with Gasteiger partial charge in [0.05, 0.1) is 17.8 Å². The first-order chi connectivity index (χ1) is 16.2. The highest BCUT2D eigenvalue weighted by Gasteiger charge is 2.51. The van der Waals surface area contributed by atoms with Gasteiger partial charge in [0.15, 0.2) is 0 Å². The largest absolute Gasteiger partial charge is 0.340 e. The van der Waals surface area contributed by atoms with Crippen LogP contribution in [0.5, 0.6) is 0 Å². The van der Waals surface area contributed by atoms with Crippen LogP contribution < -0.4 is 10.6 Å². The molecule has 1 aromatic carbocycles. The lowest BCUT2D eigenvalue weighted by molar-refractivity contribution is -0.148. The molecule has 2 N–H and O–H groups in total. The molecule has 0 aliphatic carbocycles. The van der Waals surface area contributed by atoms with Crippen LogP contribution in [0.2, 0.25) is 0 Å². The molecule has 3 aliphatic rings. The molecule has 0 spiro atoms. The van der Waals surface area contributed by atoms with Gasteiger partial charge in [-0.2, -0.15) is 0 Å². The van der Waals surface area contributed by atoms with Gasteiger partial charge in [0.2, 0.25) is 17.7 Å². The number of halogens is 2. The Balaban J connectivity index is 1.49. The number of urea groups is 1. The third kappa shape index (κ3) is 4.60. The van der Waals surface area contributed by atoms with Crippen LogP contribution >= 0.6 is 0 Å². The van der Waals surface area contributed by atoms with E-state index in [1.807, 2.05) is 0 Å². The van der Waals surface area contributed by atoms with Crippen molar-refractivity contribution >= 4 is 29.4 Å². The Labute approximate surface area is 195 Å². The Hall–Kier alpha value is -3.12. The van der Waals surface area contributed by atoms with Gasteiger partial charge in [-0.05, 0) is 25.1 Å². The minimum atomic E-state index is -0.955. The zero-order chi connectivity index (χ0) is 24.6. The van der Waals surface area contributed by atoms with E-state index >= 15 is 0 Å². The molecule has 3 heterocycles. The maximum absolute atomic E-state index is 13.9. The standard InChI is InChI=1S/C22H28F2N6O4/c1-13(31)28-7-9-29(10-8-28)17-5-6-25-20-19(17)21(33)30(22(34)27(20)2)12-18(32)26-16-4-3-14(23)11-15(16)24/h3-4,11,17,19-20,25H,5-10,12H2,1-2H3,(H,26,32). The second kappa shape index (κ2) is 9.63. The van der Waals surface area contributed by atoms with E-state index in [-0.39, 0.29) is 17.6 Å². The van der Waals surface area contributed by atoms with Crippen molar-refractivity contribution in [2.75, 3.05) is 51.6 Å². The summed E-state index contributed by atoms with van der Waals surface area (Å²) < 4.78 is 27.0. The van der Waals surface area contributed by atoms with Gasteiger partial charge in [0.25, 0.3) is 0 Å². The molecular formula is C22H28F2N6O4. The first-order valence-corrected chi connectivity index (χ1v) is 11.2. The van der Waals surface area contributed by atoms with Gasteiger partial charge < -0.3 is 15.1 Å². The molecule has 3 aliphatic heterocycles. The van der Waals surface area contributed by atoms with Crippen LogP contribution in [0.15, 0.2) is 18.2 Å². The number of carbonyl (C=O) groups is 4. The topological polar surface area (TPSA) is 105 Å². The Morgan fingerprint density at radius 2 is 1.85 bits per heavy atom. The van der Waals surface area contributed by atoms with Crippen molar-refractivity contribution in [2.24, 2.45) is 5.92 Å². The molecule has 10 nitrogen and oxygen atoms in total. The van der Waals surface area contributed by atoms with E-state index in [0.29, 0.717) is 45.2 Å². The number of fused-ring (bicyclic) bond motifs is 1. The van der Waals surface area contributed by atoms with Crippen molar-refractivity contribution in [3.8, 4) is 0 Å². The van der Waals surface area contributed by atoms with E-state index in [0.717, 1.165) is 17.0 Å². The fourth-order valence-electron chi connectivity index (χ4n) is 5.01. The molecule has 3 saturated heterocycles. The first-order valence-electron chi connectivity index (χ1n) is 11.2. The lowest BCUT2D eigenvalue weighted by Crippen LogP contribution is -2.72. The van der Waals surface area contributed by atoms with E-state index in [2.05, 4.69) is 15.5 Å². The number of benzene rings is 1. The van der Waals surface area contributed by atoms with Crippen molar-refractivity contribution in [3.05, 3.63) is 29.8 Å². The Morgan fingerprint density at radius 1 is 1.15 bits per heavy atom. The number of imide groups is 1. The number of amides is 5. The molecule has 1 aromatic rings. The number of nitrogens with one attached hydrogen (secondary N) is 2. The fraction of sp³-hybridized carbons (Fsp3) is 0.545. The van der Waals surface area contributed by atoms with Crippen LogP contribution in [-0.2, 0) is 14.4 Å². The predicted octanol–water partition coefficient (Wildman–Crippen LogP) is 0.266. The highest BCUT2D eigenvalue weighted by Crippen LogP contribution is 2.31. The van der Waals surface area contributed by atoms with Crippen LogP contribution in [0.25, 0.3) is 0 Å².